The van der Waals surface area contributed by atoms with Crippen molar-refractivity contribution in [3.8, 4) is 0 Å². The number of hydrogen-bond donors (Lipinski definition) is 2. The monoisotopic (exact) mass is 250 g/mol. The van der Waals surface area contributed by atoms with Crippen molar-refractivity contribution in [3.63, 3.8) is 0 Å². The van der Waals surface area contributed by atoms with E-state index in [9.17, 15) is 10.1 Å². The molecular weight excluding hydrogens is 232 g/mol. The number of anilines is 1. The van der Waals surface area contributed by atoms with E-state index in [1.807, 2.05) is 0 Å². The fourth-order valence-electron chi connectivity index (χ4n) is 2.17. The molecule has 6 heteroatoms. The van der Waals surface area contributed by atoms with Gasteiger partial charge >= 0.3 is 0 Å². The molecule has 0 bridgehead atoms. The van der Waals surface area contributed by atoms with Crippen LogP contribution in [0, 0.1) is 23.0 Å². The van der Waals surface area contributed by atoms with Crippen molar-refractivity contribution in [2.24, 2.45) is 5.92 Å². The van der Waals surface area contributed by atoms with Gasteiger partial charge in [0, 0.05) is 18.3 Å². The van der Waals surface area contributed by atoms with Gasteiger partial charge in [0.1, 0.15) is 5.82 Å². The van der Waals surface area contributed by atoms with E-state index in [4.69, 9.17) is 0 Å². The van der Waals surface area contributed by atoms with Crippen LogP contribution in [0.3, 0.4) is 0 Å². The van der Waals surface area contributed by atoms with Crippen LogP contribution in [0.1, 0.15) is 18.4 Å². The van der Waals surface area contributed by atoms with Gasteiger partial charge in [0.15, 0.2) is 0 Å². The predicted molar refractivity (Wildman–Crippen MR) is 69.7 cm³/mol. The SMILES string of the molecule is Cc1cnc(NCCC2CCNC2)cc1[N+](=O)[O-]. The average molecular weight is 250 g/mol. The molecule has 1 saturated heterocycles. The molecule has 2 heterocycles. The molecule has 0 aromatic carbocycles. The number of hydrogen-bond acceptors (Lipinski definition) is 5. The summed E-state index contributed by atoms with van der Waals surface area (Å²) in [5, 5.41) is 17.3. The third-order valence-electron chi connectivity index (χ3n) is 3.29. The van der Waals surface area contributed by atoms with Crippen molar-refractivity contribution < 1.29 is 4.92 Å². The summed E-state index contributed by atoms with van der Waals surface area (Å²) in [6.07, 6.45) is 3.82. The van der Waals surface area contributed by atoms with Crippen LogP contribution in [0.2, 0.25) is 0 Å². The first kappa shape index (κ1) is 12.8. The minimum atomic E-state index is -0.372. The van der Waals surface area contributed by atoms with Gasteiger partial charge in [0.25, 0.3) is 5.69 Å². The second-order valence-electron chi connectivity index (χ2n) is 4.69. The fraction of sp³-hybridized carbons (Fsp3) is 0.583. The molecule has 98 valence electrons. The van der Waals surface area contributed by atoms with Gasteiger partial charge in [-0.05, 0) is 38.8 Å². The molecule has 1 fully saturated rings. The quantitative estimate of drug-likeness (QED) is 0.614. The zero-order valence-electron chi connectivity index (χ0n) is 10.5. The summed E-state index contributed by atoms with van der Waals surface area (Å²) in [6, 6.07) is 1.50. The summed E-state index contributed by atoms with van der Waals surface area (Å²) in [4.78, 5) is 14.6. The number of nitrogens with zero attached hydrogens (tertiary/aromatic N) is 2. The lowest BCUT2D eigenvalue weighted by atomic mass is 10.1. The molecular formula is C12H18N4O2. The Hall–Kier alpha value is -1.69. The van der Waals surface area contributed by atoms with Crippen LogP contribution in [0.5, 0.6) is 0 Å². The zero-order valence-corrected chi connectivity index (χ0v) is 10.5. The summed E-state index contributed by atoms with van der Waals surface area (Å²) in [5.74, 6) is 1.29. The lowest BCUT2D eigenvalue weighted by Crippen LogP contribution is -2.13. The smallest absolute Gasteiger partial charge is 0.277 e. The number of nitrogens with one attached hydrogen (secondary N) is 2. The first-order chi connectivity index (χ1) is 8.66. The van der Waals surface area contributed by atoms with Gasteiger partial charge in [-0.25, -0.2) is 4.98 Å². The van der Waals surface area contributed by atoms with Gasteiger partial charge < -0.3 is 10.6 Å². The Bertz CT molecular complexity index is 430. The second-order valence-corrected chi connectivity index (χ2v) is 4.69. The van der Waals surface area contributed by atoms with Crippen LogP contribution in [-0.2, 0) is 0 Å². The molecule has 1 unspecified atom stereocenters. The summed E-state index contributed by atoms with van der Waals surface area (Å²) >= 11 is 0. The molecule has 1 aliphatic heterocycles. The molecule has 0 spiro atoms. The van der Waals surface area contributed by atoms with E-state index in [0.29, 0.717) is 17.3 Å². The Balaban J connectivity index is 1.88. The van der Waals surface area contributed by atoms with E-state index in [1.54, 1.807) is 6.92 Å². The molecule has 0 amide bonds. The van der Waals surface area contributed by atoms with Crippen molar-refractivity contribution in [1.82, 2.24) is 10.3 Å². The van der Waals surface area contributed by atoms with Crippen LogP contribution in [0.4, 0.5) is 11.5 Å². The topological polar surface area (TPSA) is 80.1 Å². The van der Waals surface area contributed by atoms with Gasteiger partial charge in [-0.1, -0.05) is 0 Å². The first-order valence-corrected chi connectivity index (χ1v) is 6.22. The number of aryl methyl sites for hydroxylation is 1. The molecule has 2 rings (SSSR count). The minimum Gasteiger partial charge on any atom is -0.370 e. The Kier molecular flexibility index (Phi) is 4.09. The molecule has 1 aromatic heterocycles. The van der Waals surface area contributed by atoms with Crippen molar-refractivity contribution in [2.75, 3.05) is 25.0 Å². The Morgan fingerprint density at radius 2 is 2.50 bits per heavy atom. The Morgan fingerprint density at radius 1 is 1.67 bits per heavy atom. The molecule has 0 aliphatic carbocycles. The minimum absolute atomic E-state index is 0.120. The van der Waals surface area contributed by atoms with Gasteiger partial charge in [-0.2, -0.15) is 0 Å². The van der Waals surface area contributed by atoms with Crippen LogP contribution in [0.25, 0.3) is 0 Å². The van der Waals surface area contributed by atoms with Crippen molar-refractivity contribution >= 4 is 11.5 Å². The summed E-state index contributed by atoms with van der Waals surface area (Å²) < 4.78 is 0. The van der Waals surface area contributed by atoms with E-state index in [2.05, 4.69) is 15.6 Å². The highest BCUT2D eigenvalue weighted by Crippen LogP contribution is 2.20. The number of pyridine rings is 1. The third-order valence-corrected chi connectivity index (χ3v) is 3.29. The zero-order chi connectivity index (χ0) is 13.0. The third kappa shape index (κ3) is 3.16. The van der Waals surface area contributed by atoms with Crippen LogP contribution in [0.15, 0.2) is 12.3 Å². The van der Waals surface area contributed by atoms with Gasteiger partial charge in [0.2, 0.25) is 0 Å². The van der Waals surface area contributed by atoms with E-state index in [-0.39, 0.29) is 10.6 Å². The van der Waals surface area contributed by atoms with Crippen molar-refractivity contribution in [1.29, 1.82) is 0 Å². The molecule has 1 aromatic rings. The number of nitro groups is 1. The average Bonchev–Trinajstić information content (AvgIpc) is 2.84. The summed E-state index contributed by atoms with van der Waals surface area (Å²) in [7, 11) is 0. The van der Waals surface area contributed by atoms with E-state index in [0.717, 1.165) is 26.1 Å². The molecule has 0 radical (unpaired) electrons. The number of aromatic nitrogens is 1. The second kappa shape index (κ2) is 5.77. The highest BCUT2D eigenvalue weighted by Gasteiger charge is 2.15. The maximum Gasteiger partial charge on any atom is 0.277 e. The van der Waals surface area contributed by atoms with Gasteiger partial charge in [-0.3, -0.25) is 10.1 Å². The molecule has 0 saturated carbocycles. The summed E-state index contributed by atoms with van der Waals surface area (Å²) in [5.41, 5.74) is 0.709. The van der Waals surface area contributed by atoms with Crippen molar-refractivity contribution in [3.05, 3.63) is 27.9 Å². The molecule has 2 N–H and O–H groups in total. The van der Waals surface area contributed by atoms with Crippen LogP contribution >= 0.6 is 0 Å². The molecule has 1 aliphatic rings. The maximum atomic E-state index is 10.8. The normalized spacial score (nSPS) is 18.8. The van der Waals surface area contributed by atoms with Crippen LogP contribution < -0.4 is 10.6 Å². The number of rotatable bonds is 5. The van der Waals surface area contributed by atoms with Gasteiger partial charge in [0.05, 0.1) is 11.0 Å². The highest BCUT2D eigenvalue weighted by molar-refractivity contribution is 5.48. The molecule has 6 nitrogen and oxygen atoms in total. The van der Waals surface area contributed by atoms with Crippen molar-refractivity contribution in [2.45, 2.75) is 19.8 Å². The molecule has 1 atom stereocenters. The van der Waals surface area contributed by atoms with Gasteiger partial charge in [-0.15, -0.1) is 0 Å². The van der Waals surface area contributed by atoms with E-state index < -0.39 is 0 Å². The molecule has 18 heavy (non-hydrogen) atoms. The van der Waals surface area contributed by atoms with E-state index in [1.165, 1.54) is 18.7 Å². The lowest BCUT2D eigenvalue weighted by Gasteiger charge is -2.09. The Morgan fingerprint density at radius 3 is 3.17 bits per heavy atom. The van der Waals surface area contributed by atoms with E-state index >= 15 is 0 Å². The lowest BCUT2D eigenvalue weighted by molar-refractivity contribution is -0.385. The first-order valence-electron chi connectivity index (χ1n) is 6.22. The largest absolute Gasteiger partial charge is 0.370 e. The summed E-state index contributed by atoms with van der Waals surface area (Å²) in [6.45, 7) is 4.67. The highest BCUT2D eigenvalue weighted by atomic mass is 16.6. The fourth-order valence-corrected chi connectivity index (χ4v) is 2.17. The Labute approximate surface area is 106 Å². The van der Waals surface area contributed by atoms with Crippen LogP contribution in [-0.4, -0.2) is 29.5 Å². The maximum absolute atomic E-state index is 10.8. The predicted octanol–water partition coefficient (Wildman–Crippen LogP) is 1.71. The standard InChI is InChI=1S/C12H18N4O2/c1-9-7-15-12(6-11(9)16(17)18)14-5-3-10-2-4-13-8-10/h6-7,10,13H,2-5,8H2,1H3,(H,14,15).